The van der Waals surface area contributed by atoms with Crippen LogP contribution >= 0.6 is 11.8 Å². The smallest absolute Gasteiger partial charge is 0.338 e. The van der Waals surface area contributed by atoms with Crippen LogP contribution in [-0.2, 0) is 14.3 Å². The molecule has 0 bridgehead atoms. The lowest BCUT2D eigenvalue weighted by atomic mass is 9.94. The molecule has 1 saturated heterocycles. The molecule has 7 heteroatoms. The zero-order valence-electron chi connectivity index (χ0n) is 17.5. The number of nitrogens with zero attached hydrogens (tertiary/aromatic N) is 2. The van der Waals surface area contributed by atoms with Crippen LogP contribution in [0.5, 0.6) is 0 Å². The minimum atomic E-state index is -0.317. The summed E-state index contributed by atoms with van der Waals surface area (Å²) in [7, 11) is 0. The molecule has 0 aliphatic carbocycles. The molecule has 0 aromatic heterocycles. The zero-order valence-corrected chi connectivity index (χ0v) is 18.3. The van der Waals surface area contributed by atoms with Crippen LogP contribution in [0.1, 0.15) is 52.1 Å². The van der Waals surface area contributed by atoms with E-state index in [4.69, 9.17) is 4.74 Å². The number of allylic oxidation sites excluding steroid dienone is 1. The third-order valence-corrected chi connectivity index (χ3v) is 5.93. The Labute approximate surface area is 176 Å². The van der Waals surface area contributed by atoms with Crippen molar-refractivity contribution in [3.05, 3.63) is 41.1 Å². The highest BCUT2D eigenvalue weighted by Crippen LogP contribution is 2.40. The number of thioether (sulfide) groups is 1. The van der Waals surface area contributed by atoms with Crippen LogP contribution in [0.3, 0.4) is 0 Å². The van der Waals surface area contributed by atoms with Crippen molar-refractivity contribution in [2.75, 3.05) is 24.2 Å². The SMILES string of the molecule is CCOC(=O)C1=C(C)N=C2SCCCN2C1c1ccc(NC(=O)CC(C)C)cc1. The Hall–Kier alpha value is -2.28. The van der Waals surface area contributed by atoms with Crippen LogP contribution in [0.4, 0.5) is 5.69 Å². The number of nitrogens with one attached hydrogen (secondary N) is 1. The van der Waals surface area contributed by atoms with Gasteiger partial charge in [0.25, 0.3) is 0 Å². The summed E-state index contributed by atoms with van der Waals surface area (Å²) in [6, 6.07) is 7.52. The summed E-state index contributed by atoms with van der Waals surface area (Å²) in [5.41, 5.74) is 3.05. The molecule has 2 heterocycles. The first kappa shape index (κ1) is 21.4. The van der Waals surface area contributed by atoms with E-state index in [0.29, 0.717) is 30.2 Å². The normalized spacial score (nSPS) is 19.0. The van der Waals surface area contributed by atoms with Gasteiger partial charge in [-0.1, -0.05) is 37.7 Å². The maximum Gasteiger partial charge on any atom is 0.338 e. The van der Waals surface area contributed by atoms with Gasteiger partial charge in [0.05, 0.1) is 23.9 Å². The Morgan fingerprint density at radius 3 is 2.69 bits per heavy atom. The van der Waals surface area contributed by atoms with E-state index in [0.717, 1.165) is 35.1 Å². The Kier molecular flexibility index (Phi) is 7.00. The lowest BCUT2D eigenvalue weighted by Gasteiger charge is -2.40. The molecule has 1 fully saturated rings. The van der Waals surface area contributed by atoms with Gasteiger partial charge in [-0.25, -0.2) is 9.79 Å². The Morgan fingerprint density at radius 2 is 2.03 bits per heavy atom. The predicted octanol–water partition coefficient (Wildman–Crippen LogP) is 4.36. The molecule has 2 aliphatic rings. The average molecular weight is 416 g/mol. The number of rotatable bonds is 6. The molecule has 1 N–H and O–H groups in total. The highest BCUT2D eigenvalue weighted by molar-refractivity contribution is 8.13. The van der Waals surface area contributed by atoms with Crippen molar-refractivity contribution in [3.63, 3.8) is 0 Å². The molecular weight excluding hydrogens is 386 g/mol. The number of fused-ring (bicyclic) bond motifs is 1. The molecule has 1 aromatic carbocycles. The van der Waals surface area contributed by atoms with Crippen LogP contribution < -0.4 is 5.32 Å². The average Bonchev–Trinajstić information content (AvgIpc) is 2.67. The third-order valence-electron chi connectivity index (χ3n) is 4.86. The van der Waals surface area contributed by atoms with Gasteiger partial charge in [0.15, 0.2) is 5.17 Å². The van der Waals surface area contributed by atoms with E-state index >= 15 is 0 Å². The Bertz CT molecular complexity index is 830. The number of hydrogen-bond donors (Lipinski definition) is 1. The number of amides is 1. The Balaban J connectivity index is 1.90. The number of anilines is 1. The molecule has 0 spiro atoms. The second kappa shape index (κ2) is 9.48. The third kappa shape index (κ3) is 5.01. The van der Waals surface area contributed by atoms with Crippen LogP contribution in [-0.4, -0.2) is 40.8 Å². The monoisotopic (exact) mass is 415 g/mol. The molecule has 0 saturated carbocycles. The van der Waals surface area contributed by atoms with Gasteiger partial charge in [-0.15, -0.1) is 0 Å². The second-order valence-electron chi connectivity index (χ2n) is 7.68. The van der Waals surface area contributed by atoms with Gasteiger partial charge in [0.2, 0.25) is 5.91 Å². The zero-order chi connectivity index (χ0) is 21.0. The number of benzene rings is 1. The van der Waals surface area contributed by atoms with Gasteiger partial charge < -0.3 is 15.0 Å². The fourth-order valence-corrected chi connectivity index (χ4v) is 4.64. The number of carbonyl (C=O) groups is 2. The van der Waals surface area contributed by atoms with Crippen molar-refractivity contribution in [1.82, 2.24) is 4.90 Å². The molecule has 2 aliphatic heterocycles. The first-order chi connectivity index (χ1) is 13.9. The number of carbonyl (C=O) groups excluding carboxylic acids is 2. The molecule has 1 aromatic rings. The van der Waals surface area contributed by atoms with Crippen molar-refractivity contribution in [2.45, 2.75) is 46.6 Å². The lowest BCUT2D eigenvalue weighted by Crippen LogP contribution is -2.42. The first-order valence-corrected chi connectivity index (χ1v) is 11.1. The summed E-state index contributed by atoms with van der Waals surface area (Å²) in [5.74, 6) is 1.04. The van der Waals surface area contributed by atoms with Gasteiger partial charge in [-0.05, 0) is 43.9 Å². The second-order valence-corrected chi connectivity index (χ2v) is 8.74. The molecule has 6 nitrogen and oxygen atoms in total. The minimum absolute atomic E-state index is 0.00946. The van der Waals surface area contributed by atoms with E-state index in [9.17, 15) is 9.59 Å². The van der Waals surface area contributed by atoms with Gasteiger partial charge >= 0.3 is 5.97 Å². The van der Waals surface area contributed by atoms with Crippen LogP contribution in [0.15, 0.2) is 40.5 Å². The summed E-state index contributed by atoms with van der Waals surface area (Å²) in [5, 5.41) is 3.90. The van der Waals surface area contributed by atoms with Crippen molar-refractivity contribution in [3.8, 4) is 0 Å². The number of aliphatic imine (C=N–C) groups is 1. The predicted molar refractivity (Wildman–Crippen MR) is 118 cm³/mol. The fourth-order valence-electron chi connectivity index (χ4n) is 3.62. The van der Waals surface area contributed by atoms with Crippen molar-refractivity contribution < 1.29 is 14.3 Å². The number of amidine groups is 1. The fraction of sp³-hybridized carbons (Fsp3) is 0.500. The van der Waals surface area contributed by atoms with E-state index in [1.165, 1.54) is 0 Å². The van der Waals surface area contributed by atoms with Crippen LogP contribution in [0, 0.1) is 5.92 Å². The maximum absolute atomic E-state index is 12.7. The van der Waals surface area contributed by atoms with Gasteiger partial charge in [-0.3, -0.25) is 4.79 Å². The molecule has 0 radical (unpaired) electrons. The topological polar surface area (TPSA) is 71.0 Å². The van der Waals surface area contributed by atoms with E-state index in [2.05, 4.69) is 15.2 Å². The summed E-state index contributed by atoms with van der Waals surface area (Å²) in [6.45, 7) is 8.90. The lowest BCUT2D eigenvalue weighted by molar-refractivity contribution is -0.139. The summed E-state index contributed by atoms with van der Waals surface area (Å²) < 4.78 is 5.34. The number of esters is 1. The number of ether oxygens (including phenoxy) is 1. The van der Waals surface area contributed by atoms with Crippen LogP contribution in [0.25, 0.3) is 0 Å². The molecular formula is C22H29N3O3S. The van der Waals surface area contributed by atoms with Gasteiger partial charge in [0.1, 0.15) is 0 Å². The van der Waals surface area contributed by atoms with Crippen molar-refractivity contribution in [2.24, 2.45) is 10.9 Å². The van der Waals surface area contributed by atoms with E-state index in [1.807, 2.05) is 52.0 Å². The molecule has 1 unspecified atom stereocenters. The first-order valence-electron chi connectivity index (χ1n) is 10.2. The van der Waals surface area contributed by atoms with E-state index in [-0.39, 0.29) is 17.9 Å². The minimum Gasteiger partial charge on any atom is -0.463 e. The quantitative estimate of drug-likeness (QED) is 0.699. The Morgan fingerprint density at radius 1 is 1.31 bits per heavy atom. The van der Waals surface area contributed by atoms with E-state index in [1.54, 1.807) is 11.8 Å². The molecule has 1 atom stereocenters. The van der Waals surface area contributed by atoms with E-state index < -0.39 is 0 Å². The summed E-state index contributed by atoms with van der Waals surface area (Å²) >= 11 is 1.73. The van der Waals surface area contributed by atoms with Crippen molar-refractivity contribution in [1.29, 1.82) is 0 Å². The van der Waals surface area contributed by atoms with Gasteiger partial charge in [0, 0.05) is 24.4 Å². The van der Waals surface area contributed by atoms with Crippen molar-refractivity contribution >= 4 is 34.5 Å². The highest BCUT2D eigenvalue weighted by atomic mass is 32.2. The molecule has 3 rings (SSSR count). The standard InChI is InChI=1S/C22H29N3O3S/c1-5-28-21(27)19-15(4)23-22-25(11-6-12-29-22)20(19)16-7-9-17(10-8-16)24-18(26)13-14(2)3/h7-10,14,20H,5-6,11-13H2,1-4H3,(H,24,26). The number of hydrogen-bond acceptors (Lipinski definition) is 6. The molecule has 156 valence electrons. The summed E-state index contributed by atoms with van der Waals surface area (Å²) in [6.07, 6.45) is 1.53. The molecule has 1 amide bonds. The highest BCUT2D eigenvalue weighted by Gasteiger charge is 2.37. The van der Waals surface area contributed by atoms with Gasteiger partial charge in [-0.2, -0.15) is 0 Å². The molecule has 29 heavy (non-hydrogen) atoms. The summed E-state index contributed by atoms with van der Waals surface area (Å²) in [4.78, 5) is 31.7. The largest absolute Gasteiger partial charge is 0.463 e. The maximum atomic E-state index is 12.7. The van der Waals surface area contributed by atoms with Crippen LogP contribution in [0.2, 0.25) is 0 Å².